The van der Waals surface area contributed by atoms with Gasteiger partial charge in [0, 0.05) is 11.4 Å². The summed E-state index contributed by atoms with van der Waals surface area (Å²) in [6.45, 7) is 3.36. The molecular formula is C11H16NS. The van der Waals surface area contributed by atoms with Crippen molar-refractivity contribution in [3.05, 3.63) is 30.3 Å². The summed E-state index contributed by atoms with van der Waals surface area (Å²) >= 11 is 1.76. The van der Waals surface area contributed by atoms with Crippen LogP contribution in [0.2, 0.25) is 0 Å². The Hall–Kier alpha value is -0.470. The van der Waals surface area contributed by atoms with E-state index in [4.69, 9.17) is 0 Å². The molecule has 0 saturated heterocycles. The SMILES string of the molecule is CCCCN(C)Sc1[c]cccc1. The first-order chi connectivity index (χ1) is 6.33. The Kier molecular flexibility index (Phi) is 4.94. The summed E-state index contributed by atoms with van der Waals surface area (Å²) in [5.74, 6) is 0. The molecule has 0 bridgehead atoms. The van der Waals surface area contributed by atoms with Gasteiger partial charge < -0.3 is 0 Å². The second-order valence-corrected chi connectivity index (χ2v) is 4.27. The van der Waals surface area contributed by atoms with Gasteiger partial charge in [-0.25, -0.2) is 4.31 Å². The highest BCUT2D eigenvalue weighted by atomic mass is 32.2. The van der Waals surface area contributed by atoms with Crippen molar-refractivity contribution in [3.63, 3.8) is 0 Å². The molecule has 1 aromatic rings. The summed E-state index contributed by atoms with van der Waals surface area (Å²) in [7, 11) is 2.13. The van der Waals surface area contributed by atoms with Gasteiger partial charge in [-0.2, -0.15) is 0 Å². The smallest absolute Gasteiger partial charge is 0.0309 e. The molecule has 0 atom stereocenters. The average molecular weight is 194 g/mol. The Morgan fingerprint density at radius 2 is 2.31 bits per heavy atom. The van der Waals surface area contributed by atoms with Crippen molar-refractivity contribution in [3.8, 4) is 0 Å². The van der Waals surface area contributed by atoms with Gasteiger partial charge in [-0.15, -0.1) is 0 Å². The lowest BCUT2D eigenvalue weighted by atomic mass is 10.3. The van der Waals surface area contributed by atoms with Gasteiger partial charge in [-0.05, 0) is 37.5 Å². The van der Waals surface area contributed by atoms with Crippen molar-refractivity contribution in [2.75, 3.05) is 13.6 Å². The van der Waals surface area contributed by atoms with Gasteiger partial charge in [0.05, 0.1) is 0 Å². The molecule has 0 aliphatic heterocycles. The Morgan fingerprint density at radius 3 is 2.92 bits per heavy atom. The van der Waals surface area contributed by atoms with E-state index in [1.165, 1.54) is 17.7 Å². The Labute approximate surface area is 85.3 Å². The van der Waals surface area contributed by atoms with Crippen molar-refractivity contribution < 1.29 is 0 Å². The highest BCUT2D eigenvalue weighted by Crippen LogP contribution is 2.19. The summed E-state index contributed by atoms with van der Waals surface area (Å²) in [6, 6.07) is 11.3. The van der Waals surface area contributed by atoms with E-state index >= 15 is 0 Å². The van der Waals surface area contributed by atoms with Crippen LogP contribution in [0.4, 0.5) is 0 Å². The van der Waals surface area contributed by atoms with Crippen LogP contribution in [0.3, 0.4) is 0 Å². The standard InChI is InChI=1S/C11H16NS/c1-3-4-10-12(2)13-11-8-6-5-7-9-11/h5-8H,3-4,10H2,1-2H3. The fraction of sp³-hybridized carbons (Fsp3) is 0.455. The van der Waals surface area contributed by atoms with Crippen LogP contribution < -0.4 is 0 Å². The van der Waals surface area contributed by atoms with Gasteiger partial charge >= 0.3 is 0 Å². The largest absolute Gasteiger partial charge is 0.249 e. The molecule has 1 rings (SSSR count). The third-order valence-corrected chi connectivity index (χ3v) is 2.71. The predicted octanol–water partition coefficient (Wildman–Crippen LogP) is 3.23. The molecule has 0 N–H and O–H groups in total. The second kappa shape index (κ2) is 6.06. The van der Waals surface area contributed by atoms with Crippen LogP contribution >= 0.6 is 11.9 Å². The zero-order valence-corrected chi connectivity index (χ0v) is 9.10. The molecule has 0 saturated carbocycles. The third kappa shape index (κ3) is 4.34. The van der Waals surface area contributed by atoms with Crippen LogP contribution in [0.15, 0.2) is 29.2 Å². The molecule has 0 amide bonds. The molecule has 0 unspecified atom stereocenters. The molecule has 71 valence electrons. The molecule has 1 nitrogen and oxygen atoms in total. The number of nitrogens with zero attached hydrogens (tertiary/aromatic N) is 1. The number of hydrogen-bond acceptors (Lipinski definition) is 2. The van der Waals surface area contributed by atoms with Crippen molar-refractivity contribution >= 4 is 11.9 Å². The maximum Gasteiger partial charge on any atom is 0.0309 e. The first-order valence-corrected chi connectivity index (χ1v) is 5.46. The van der Waals surface area contributed by atoms with Crippen LogP contribution in [-0.2, 0) is 0 Å². The van der Waals surface area contributed by atoms with Gasteiger partial charge in [0.15, 0.2) is 0 Å². The number of hydrogen-bond donors (Lipinski definition) is 0. The monoisotopic (exact) mass is 194 g/mol. The van der Waals surface area contributed by atoms with Crippen molar-refractivity contribution in [1.82, 2.24) is 4.31 Å². The van der Waals surface area contributed by atoms with Crippen LogP contribution in [0, 0.1) is 6.07 Å². The topological polar surface area (TPSA) is 3.24 Å². The Bertz CT molecular complexity index is 223. The van der Waals surface area contributed by atoms with Gasteiger partial charge in [0.2, 0.25) is 0 Å². The number of benzene rings is 1. The summed E-state index contributed by atoms with van der Waals surface area (Å²) in [6.07, 6.45) is 2.51. The fourth-order valence-electron chi connectivity index (χ4n) is 1.03. The molecule has 1 radical (unpaired) electrons. The summed E-state index contributed by atoms with van der Waals surface area (Å²) in [4.78, 5) is 1.20. The van der Waals surface area contributed by atoms with Gasteiger partial charge in [0.1, 0.15) is 0 Å². The minimum atomic E-state index is 1.14. The number of unbranched alkanes of at least 4 members (excludes halogenated alkanes) is 1. The van der Waals surface area contributed by atoms with E-state index in [2.05, 4.69) is 30.4 Å². The van der Waals surface area contributed by atoms with Gasteiger partial charge in [-0.3, -0.25) is 0 Å². The molecule has 2 heteroatoms. The number of rotatable bonds is 5. The predicted molar refractivity (Wildman–Crippen MR) is 58.7 cm³/mol. The van der Waals surface area contributed by atoms with Crippen molar-refractivity contribution in [1.29, 1.82) is 0 Å². The average Bonchev–Trinajstić information content (AvgIpc) is 2.16. The fourth-order valence-corrected chi connectivity index (χ4v) is 1.84. The van der Waals surface area contributed by atoms with Crippen LogP contribution in [0.5, 0.6) is 0 Å². The van der Waals surface area contributed by atoms with Crippen LogP contribution in [-0.4, -0.2) is 17.9 Å². The van der Waals surface area contributed by atoms with Crippen LogP contribution in [0.1, 0.15) is 19.8 Å². The molecule has 0 aromatic heterocycles. The van der Waals surface area contributed by atoms with E-state index in [0.717, 1.165) is 6.54 Å². The van der Waals surface area contributed by atoms with E-state index in [-0.39, 0.29) is 0 Å². The zero-order chi connectivity index (χ0) is 9.52. The normalized spacial score (nSPS) is 10.7. The molecule has 0 aliphatic carbocycles. The van der Waals surface area contributed by atoms with E-state index in [1.807, 2.05) is 18.2 Å². The summed E-state index contributed by atoms with van der Waals surface area (Å²) < 4.78 is 2.26. The zero-order valence-electron chi connectivity index (χ0n) is 8.29. The molecule has 0 heterocycles. The maximum absolute atomic E-state index is 3.20. The molecule has 1 aromatic carbocycles. The van der Waals surface area contributed by atoms with Gasteiger partial charge in [-0.1, -0.05) is 31.5 Å². The van der Waals surface area contributed by atoms with E-state index < -0.39 is 0 Å². The third-order valence-electron chi connectivity index (χ3n) is 1.76. The molecule has 0 fully saturated rings. The minimum Gasteiger partial charge on any atom is -0.249 e. The molecule has 0 spiro atoms. The summed E-state index contributed by atoms with van der Waals surface area (Å²) in [5, 5.41) is 0. The van der Waals surface area contributed by atoms with Crippen molar-refractivity contribution in [2.45, 2.75) is 24.7 Å². The van der Waals surface area contributed by atoms with Gasteiger partial charge in [0.25, 0.3) is 0 Å². The van der Waals surface area contributed by atoms with E-state index in [1.54, 1.807) is 11.9 Å². The first-order valence-electron chi connectivity index (χ1n) is 4.68. The van der Waals surface area contributed by atoms with E-state index in [0.29, 0.717) is 0 Å². The maximum atomic E-state index is 3.20. The van der Waals surface area contributed by atoms with Crippen molar-refractivity contribution in [2.24, 2.45) is 0 Å². The Morgan fingerprint density at radius 1 is 1.46 bits per heavy atom. The van der Waals surface area contributed by atoms with E-state index in [9.17, 15) is 0 Å². The molecule has 0 aliphatic rings. The van der Waals surface area contributed by atoms with Crippen LogP contribution in [0.25, 0.3) is 0 Å². The quantitative estimate of drug-likeness (QED) is 0.662. The first kappa shape index (κ1) is 10.6. The minimum absolute atomic E-state index is 1.14. The molecule has 13 heavy (non-hydrogen) atoms. The Balaban J connectivity index is 2.32. The lowest BCUT2D eigenvalue weighted by molar-refractivity contribution is 0.537. The lowest BCUT2D eigenvalue weighted by Crippen LogP contribution is -2.09. The summed E-state index contributed by atoms with van der Waals surface area (Å²) in [5.41, 5.74) is 0. The highest BCUT2D eigenvalue weighted by molar-refractivity contribution is 7.97. The lowest BCUT2D eigenvalue weighted by Gasteiger charge is -2.14. The molecular weight excluding hydrogens is 178 g/mol. The highest BCUT2D eigenvalue weighted by Gasteiger charge is 1.99. The second-order valence-electron chi connectivity index (χ2n) is 3.02.